The molecule has 5 N–H and O–H groups in total. The molecule has 4 amide bonds. The molecule has 1 heterocycles. The summed E-state index contributed by atoms with van der Waals surface area (Å²) in [6.45, 7) is 3.20. The lowest BCUT2D eigenvalue weighted by Crippen LogP contribution is -2.56. The van der Waals surface area contributed by atoms with Gasteiger partial charge in [-0.25, -0.2) is 13.8 Å². The second-order valence-electron chi connectivity index (χ2n) is 7.52. The van der Waals surface area contributed by atoms with Crippen LogP contribution in [0, 0.1) is 11.7 Å². The molecule has 0 radical (unpaired) electrons. The quantitative estimate of drug-likeness (QED) is 0.327. The van der Waals surface area contributed by atoms with Gasteiger partial charge in [-0.05, 0) is 30.5 Å². The molecule has 2 rings (SSSR count). The number of carbonyl (C=O) groups is 4. The minimum absolute atomic E-state index is 0.0258. The Hall–Kier alpha value is -3.21. The minimum Gasteiger partial charge on any atom is -0.370 e. The fraction of sp³-hybridized carbons (Fsp3) is 0.400. The zero-order valence-electron chi connectivity index (χ0n) is 17.5. The van der Waals surface area contributed by atoms with Crippen molar-refractivity contribution in [2.24, 2.45) is 11.7 Å². The maximum atomic E-state index is 13.9. The number of alkyl halides is 2. The number of primary amides is 1. The maximum absolute atomic E-state index is 13.9. The monoisotopic (exact) mass is 471 g/mol. The lowest BCUT2D eigenvalue weighted by atomic mass is 10.0. The first-order valence-electron chi connectivity index (χ1n) is 9.76. The fourth-order valence-electron chi connectivity index (χ4n) is 2.95. The van der Waals surface area contributed by atoms with Gasteiger partial charge in [0.2, 0.25) is 5.91 Å². The highest BCUT2D eigenvalue weighted by Gasteiger charge is 2.29. The number of nitrogens with zero attached hydrogens (tertiary/aromatic N) is 1. The molecule has 1 unspecified atom stereocenters. The zero-order chi connectivity index (χ0) is 24.0. The molecule has 0 aliphatic heterocycles. The summed E-state index contributed by atoms with van der Waals surface area (Å²) in [4.78, 5) is 51.2. The summed E-state index contributed by atoms with van der Waals surface area (Å²) in [5.74, 6) is -4.15. The highest BCUT2D eigenvalue weighted by molar-refractivity contribution is 6.29. The zero-order valence-corrected chi connectivity index (χ0v) is 18.2. The first-order valence-corrected chi connectivity index (χ1v) is 10.2. The lowest BCUT2D eigenvalue weighted by Gasteiger charge is -2.27. The first kappa shape index (κ1) is 25.1. The summed E-state index contributed by atoms with van der Waals surface area (Å²) >= 11 is 5.17. The standard InChI is InChI=1S/C20H24ClF2N5O4/c1-10(2)8-14(19(31)27-28(7-6-16(24)29)20(32)17(21)23)26-18(30)15-9-11-12(22)4-3-5-13(11)25-15/h3-5,9-10,14,17,25H,6-8H2,1-2H3,(H2,24,29)(H,26,30)(H,27,31)/t14-,17?/m0/s1. The molecule has 174 valence electrons. The molecule has 1 aromatic heterocycles. The molecule has 12 heteroatoms. The summed E-state index contributed by atoms with van der Waals surface area (Å²) in [5, 5.41) is 3.28. The van der Waals surface area contributed by atoms with Gasteiger partial charge in [-0.15, -0.1) is 0 Å². The second-order valence-corrected chi connectivity index (χ2v) is 7.91. The molecule has 1 aromatic carbocycles. The van der Waals surface area contributed by atoms with E-state index in [1.54, 1.807) is 19.9 Å². The van der Waals surface area contributed by atoms with Gasteiger partial charge in [-0.3, -0.25) is 24.6 Å². The number of aromatic nitrogens is 1. The van der Waals surface area contributed by atoms with Gasteiger partial charge in [-0.1, -0.05) is 31.5 Å². The van der Waals surface area contributed by atoms with E-state index in [4.69, 9.17) is 17.3 Å². The molecule has 32 heavy (non-hydrogen) atoms. The molecule has 0 saturated carbocycles. The number of hydrogen-bond donors (Lipinski definition) is 4. The van der Waals surface area contributed by atoms with E-state index < -0.39 is 47.7 Å². The van der Waals surface area contributed by atoms with Crippen LogP contribution in [0.25, 0.3) is 10.9 Å². The molecule has 9 nitrogen and oxygen atoms in total. The molecule has 0 saturated heterocycles. The van der Waals surface area contributed by atoms with Crippen molar-refractivity contribution >= 4 is 46.1 Å². The van der Waals surface area contributed by atoms with Gasteiger partial charge in [0.15, 0.2) is 0 Å². The highest BCUT2D eigenvalue weighted by atomic mass is 35.5. The number of hydrogen-bond acceptors (Lipinski definition) is 4. The van der Waals surface area contributed by atoms with Gasteiger partial charge >= 0.3 is 0 Å². The van der Waals surface area contributed by atoms with Crippen LogP contribution in [0.1, 0.15) is 37.2 Å². The van der Waals surface area contributed by atoms with Crippen LogP contribution < -0.4 is 16.5 Å². The Morgan fingerprint density at radius 2 is 1.94 bits per heavy atom. The molecule has 0 aliphatic rings. The summed E-state index contributed by atoms with van der Waals surface area (Å²) in [6, 6.07) is 4.51. The number of amides is 4. The van der Waals surface area contributed by atoms with E-state index in [0.29, 0.717) is 10.5 Å². The van der Waals surface area contributed by atoms with E-state index in [-0.39, 0.29) is 29.8 Å². The van der Waals surface area contributed by atoms with Gasteiger partial charge in [0.25, 0.3) is 23.4 Å². The number of fused-ring (bicyclic) bond motifs is 1. The van der Waals surface area contributed by atoms with Crippen molar-refractivity contribution in [3.63, 3.8) is 0 Å². The topological polar surface area (TPSA) is 137 Å². The van der Waals surface area contributed by atoms with Gasteiger partial charge < -0.3 is 16.0 Å². The van der Waals surface area contributed by atoms with Gasteiger partial charge in [0.05, 0.1) is 6.54 Å². The minimum atomic E-state index is -2.46. The van der Waals surface area contributed by atoms with Crippen molar-refractivity contribution in [2.75, 3.05) is 6.54 Å². The third-order valence-corrected chi connectivity index (χ3v) is 4.65. The largest absolute Gasteiger partial charge is 0.370 e. The van der Waals surface area contributed by atoms with Crippen LogP contribution in [0.2, 0.25) is 0 Å². The van der Waals surface area contributed by atoms with Crippen LogP contribution in [-0.4, -0.2) is 51.8 Å². The fourth-order valence-corrected chi connectivity index (χ4v) is 3.07. The maximum Gasteiger partial charge on any atom is 0.291 e. The summed E-state index contributed by atoms with van der Waals surface area (Å²) in [5.41, 5.74) is 5.19. The average Bonchev–Trinajstić information content (AvgIpc) is 3.15. The SMILES string of the molecule is CC(C)C[C@H](NC(=O)c1cc2c(F)cccc2[nH]1)C(=O)NN(CCC(N)=O)C(=O)C(F)Cl. The number of nitrogens with two attached hydrogens (primary N) is 1. The lowest BCUT2D eigenvalue weighted by molar-refractivity contribution is -0.144. The normalized spacial score (nSPS) is 12.9. The smallest absolute Gasteiger partial charge is 0.291 e. The Bertz CT molecular complexity index is 1010. The Morgan fingerprint density at radius 1 is 1.25 bits per heavy atom. The van der Waals surface area contributed by atoms with E-state index in [0.717, 1.165) is 0 Å². The Kier molecular flexibility index (Phi) is 8.53. The van der Waals surface area contributed by atoms with E-state index in [9.17, 15) is 28.0 Å². The molecular formula is C20H24ClF2N5O4. The predicted molar refractivity (Wildman–Crippen MR) is 113 cm³/mol. The highest BCUT2D eigenvalue weighted by Crippen LogP contribution is 2.19. The number of nitrogens with one attached hydrogen (secondary N) is 3. The van der Waals surface area contributed by atoms with Crippen LogP contribution in [0.3, 0.4) is 0 Å². The Morgan fingerprint density at radius 3 is 2.50 bits per heavy atom. The molecular weight excluding hydrogens is 448 g/mol. The third-order valence-electron chi connectivity index (χ3n) is 4.46. The second kappa shape index (κ2) is 10.9. The van der Waals surface area contributed by atoms with Crippen LogP contribution >= 0.6 is 11.6 Å². The first-order chi connectivity index (χ1) is 15.0. The molecule has 0 spiro atoms. The van der Waals surface area contributed by atoms with E-state index in [2.05, 4.69) is 15.7 Å². The van der Waals surface area contributed by atoms with Gasteiger partial charge in [0.1, 0.15) is 17.6 Å². The van der Waals surface area contributed by atoms with Crippen molar-refractivity contribution in [3.8, 4) is 0 Å². The van der Waals surface area contributed by atoms with Crippen molar-refractivity contribution in [1.82, 2.24) is 20.7 Å². The Labute approximate surface area is 187 Å². The van der Waals surface area contributed by atoms with Crippen molar-refractivity contribution in [2.45, 2.75) is 38.4 Å². The summed E-state index contributed by atoms with van der Waals surface area (Å²) < 4.78 is 27.2. The molecule has 0 fully saturated rings. The van der Waals surface area contributed by atoms with E-state index in [1.165, 1.54) is 18.2 Å². The number of aromatic amines is 1. The number of benzene rings is 1. The van der Waals surface area contributed by atoms with Gasteiger partial charge in [0, 0.05) is 17.3 Å². The molecule has 2 aromatic rings. The van der Waals surface area contributed by atoms with Crippen LogP contribution in [-0.2, 0) is 14.4 Å². The number of halogens is 3. The predicted octanol–water partition coefficient (Wildman–Crippen LogP) is 1.72. The van der Waals surface area contributed by atoms with E-state index in [1.807, 2.05) is 0 Å². The van der Waals surface area contributed by atoms with E-state index >= 15 is 0 Å². The van der Waals surface area contributed by atoms with Gasteiger partial charge in [-0.2, -0.15) is 0 Å². The van der Waals surface area contributed by atoms with Crippen molar-refractivity contribution < 1.29 is 28.0 Å². The molecule has 2 atom stereocenters. The summed E-state index contributed by atoms with van der Waals surface area (Å²) in [7, 11) is 0. The number of hydrazine groups is 1. The third kappa shape index (κ3) is 6.64. The van der Waals surface area contributed by atoms with Crippen LogP contribution in [0.5, 0.6) is 0 Å². The molecule has 0 bridgehead atoms. The molecule has 0 aliphatic carbocycles. The van der Waals surface area contributed by atoms with Crippen LogP contribution in [0.4, 0.5) is 8.78 Å². The number of rotatable bonds is 9. The number of carbonyl (C=O) groups excluding carboxylic acids is 4. The summed E-state index contributed by atoms with van der Waals surface area (Å²) in [6.07, 6.45) is -0.179. The Balaban J connectivity index is 2.19. The average molecular weight is 472 g/mol. The van der Waals surface area contributed by atoms with Crippen molar-refractivity contribution in [3.05, 3.63) is 35.8 Å². The van der Waals surface area contributed by atoms with Crippen LogP contribution in [0.15, 0.2) is 24.3 Å². The van der Waals surface area contributed by atoms with Crippen molar-refractivity contribution in [1.29, 1.82) is 0 Å². The number of H-pyrrole nitrogens is 1.